The normalized spacial score (nSPS) is 19.9. The summed E-state index contributed by atoms with van der Waals surface area (Å²) in [6.07, 6.45) is 1.95. The van der Waals surface area contributed by atoms with Crippen LogP contribution in [0.15, 0.2) is 29.2 Å². The number of esters is 1. The average Bonchev–Trinajstić information content (AvgIpc) is 3.08. The van der Waals surface area contributed by atoms with Crippen LogP contribution in [0.25, 0.3) is 0 Å². The Bertz CT molecular complexity index is 628. The molecule has 0 bridgehead atoms. The van der Waals surface area contributed by atoms with Crippen molar-refractivity contribution in [1.82, 2.24) is 4.90 Å². The molecular formula is C16H18N2O4S. The van der Waals surface area contributed by atoms with Gasteiger partial charge < -0.3 is 15.0 Å². The van der Waals surface area contributed by atoms with E-state index in [1.165, 1.54) is 11.8 Å². The van der Waals surface area contributed by atoms with Crippen molar-refractivity contribution in [2.24, 2.45) is 0 Å². The largest absolute Gasteiger partial charge is 0.456 e. The van der Waals surface area contributed by atoms with Crippen LogP contribution in [0.2, 0.25) is 0 Å². The number of hydrogen-bond donors (Lipinski definition) is 1. The topological polar surface area (TPSA) is 75.7 Å². The lowest BCUT2D eigenvalue weighted by molar-refractivity contribution is -0.151. The van der Waals surface area contributed by atoms with Crippen molar-refractivity contribution in [3.05, 3.63) is 24.3 Å². The lowest BCUT2D eigenvalue weighted by atomic mass is 10.2. The van der Waals surface area contributed by atoms with E-state index in [-0.39, 0.29) is 24.8 Å². The highest BCUT2D eigenvalue weighted by atomic mass is 32.2. The number of rotatable bonds is 4. The van der Waals surface area contributed by atoms with Gasteiger partial charge in [0.05, 0.1) is 17.4 Å². The maximum absolute atomic E-state index is 12.0. The zero-order chi connectivity index (χ0) is 16.2. The van der Waals surface area contributed by atoms with E-state index in [4.69, 9.17) is 4.74 Å². The third-order valence-electron chi connectivity index (χ3n) is 3.87. The first-order valence-corrected chi connectivity index (χ1v) is 8.51. The lowest BCUT2D eigenvalue weighted by Crippen LogP contribution is -2.34. The highest BCUT2D eigenvalue weighted by molar-refractivity contribution is 8.01. The second-order valence-electron chi connectivity index (χ2n) is 5.54. The van der Waals surface area contributed by atoms with E-state index in [1.54, 1.807) is 4.90 Å². The second-order valence-corrected chi connectivity index (χ2v) is 6.79. The molecule has 0 aromatic heterocycles. The summed E-state index contributed by atoms with van der Waals surface area (Å²) < 4.78 is 5.03. The molecule has 0 aliphatic carbocycles. The number of ether oxygens (including phenoxy) is 1. The number of thioether (sulfide) groups is 1. The molecule has 122 valence electrons. The van der Waals surface area contributed by atoms with Gasteiger partial charge in [0.1, 0.15) is 0 Å². The van der Waals surface area contributed by atoms with Crippen molar-refractivity contribution in [3.8, 4) is 0 Å². The molecule has 1 aromatic rings. The van der Waals surface area contributed by atoms with Crippen LogP contribution in [0.5, 0.6) is 0 Å². The highest BCUT2D eigenvalue weighted by Crippen LogP contribution is 2.36. The van der Waals surface area contributed by atoms with Gasteiger partial charge in [-0.25, -0.2) is 0 Å². The van der Waals surface area contributed by atoms with Gasteiger partial charge in [0.2, 0.25) is 5.91 Å². The first kappa shape index (κ1) is 15.9. The van der Waals surface area contributed by atoms with Gasteiger partial charge in [0.15, 0.2) is 6.61 Å². The maximum atomic E-state index is 12.0. The molecule has 2 amide bonds. The van der Waals surface area contributed by atoms with Gasteiger partial charge >= 0.3 is 5.97 Å². The zero-order valence-electron chi connectivity index (χ0n) is 12.6. The number of nitrogens with one attached hydrogen (secondary N) is 1. The number of para-hydroxylation sites is 1. The predicted molar refractivity (Wildman–Crippen MR) is 86.1 cm³/mol. The van der Waals surface area contributed by atoms with Gasteiger partial charge in [-0.05, 0) is 25.0 Å². The standard InChI is InChI=1S/C16H18N2O4S/c19-14(18-7-3-4-8-18)10-22-15(20)9-13-16(21)17-11-5-1-2-6-12(11)23-13/h1-2,5-6,13H,3-4,7-10H2,(H,17,21)/t13-/m1/s1. The molecule has 2 aliphatic rings. The van der Waals surface area contributed by atoms with Crippen molar-refractivity contribution in [2.45, 2.75) is 29.4 Å². The van der Waals surface area contributed by atoms with Crippen molar-refractivity contribution >= 4 is 35.2 Å². The van der Waals surface area contributed by atoms with E-state index >= 15 is 0 Å². The molecule has 2 aliphatic heterocycles. The van der Waals surface area contributed by atoms with Gasteiger partial charge in [-0.3, -0.25) is 14.4 Å². The van der Waals surface area contributed by atoms with E-state index in [2.05, 4.69) is 5.32 Å². The fraction of sp³-hybridized carbons (Fsp3) is 0.438. The monoisotopic (exact) mass is 334 g/mol. The van der Waals surface area contributed by atoms with Gasteiger partial charge in [0, 0.05) is 18.0 Å². The summed E-state index contributed by atoms with van der Waals surface area (Å²) in [5, 5.41) is 2.25. The number of benzene rings is 1. The maximum Gasteiger partial charge on any atom is 0.307 e. The fourth-order valence-electron chi connectivity index (χ4n) is 2.64. The molecule has 1 fully saturated rings. The molecule has 1 aromatic carbocycles. The Hall–Kier alpha value is -2.02. The molecule has 0 saturated carbocycles. The van der Waals surface area contributed by atoms with Crippen LogP contribution in [0.1, 0.15) is 19.3 Å². The summed E-state index contributed by atoms with van der Waals surface area (Å²) >= 11 is 1.34. The molecule has 0 unspecified atom stereocenters. The van der Waals surface area contributed by atoms with Crippen LogP contribution in [-0.2, 0) is 19.1 Å². The zero-order valence-corrected chi connectivity index (χ0v) is 13.4. The highest BCUT2D eigenvalue weighted by Gasteiger charge is 2.29. The first-order chi connectivity index (χ1) is 11.1. The Kier molecular flexibility index (Phi) is 4.85. The van der Waals surface area contributed by atoms with Gasteiger partial charge in [0.25, 0.3) is 5.91 Å². The minimum atomic E-state index is -0.528. The van der Waals surface area contributed by atoms with E-state index in [0.717, 1.165) is 36.5 Å². The van der Waals surface area contributed by atoms with E-state index < -0.39 is 11.2 Å². The number of hydrogen-bond acceptors (Lipinski definition) is 5. The van der Waals surface area contributed by atoms with Crippen LogP contribution in [0.4, 0.5) is 5.69 Å². The smallest absolute Gasteiger partial charge is 0.307 e. The van der Waals surface area contributed by atoms with Gasteiger partial charge in [-0.15, -0.1) is 11.8 Å². The number of anilines is 1. The summed E-state index contributed by atoms with van der Waals surface area (Å²) in [5.41, 5.74) is 0.760. The Morgan fingerprint density at radius 2 is 2.00 bits per heavy atom. The van der Waals surface area contributed by atoms with Crippen molar-refractivity contribution in [3.63, 3.8) is 0 Å². The molecule has 0 spiro atoms. The summed E-state index contributed by atoms with van der Waals surface area (Å²) in [4.78, 5) is 38.4. The molecule has 6 nitrogen and oxygen atoms in total. The van der Waals surface area contributed by atoms with Gasteiger partial charge in [-0.1, -0.05) is 12.1 Å². The summed E-state index contributed by atoms with van der Waals surface area (Å²) in [7, 11) is 0. The third kappa shape index (κ3) is 3.85. The molecule has 1 atom stereocenters. The van der Waals surface area contributed by atoms with E-state index in [0.29, 0.717) is 0 Å². The van der Waals surface area contributed by atoms with Crippen molar-refractivity contribution in [2.75, 3.05) is 25.0 Å². The van der Waals surface area contributed by atoms with E-state index in [9.17, 15) is 14.4 Å². The fourth-order valence-corrected chi connectivity index (χ4v) is 3.73. The van der Waals surface area contributed by atoms with Crippen LogP contribution >= 0.6 is 11.8 Å². The number of fused-ring (bicyclic) bond motifs is 1. The third-order valence-corrected chi connectivity index (χ3v) is 5.15. The Balaban J connectivity index is 1.50. The molecule has 2 heterocycles. The average molecular weight is 334 g/mol. The number of carbonyl (C=O) groups excluding carboxylic acids is 3. The lowest BCUT2D eigenvalue weighted by Gasteiger charge is -2.23. The molecule has 1 saturated heterocycles. The number of likely N-dealkylation sites (tertiary alicyclic amines) is 1. The van der Waals surface area contributed by atoms with Crippen LogP contribution in [0.3, 0.4) is 0 Å². The number of carbonyl (C=O) groups is 3. The minimum Gasteiger partial charge on any atom is -0.456 e. The first-order valence-electron chi connectivity index (χ1n) is 7.63. The molecule has 1 N–H and O–H groups in total. The number of amides is 2. The summed E-state index contributed by atoms with van der Waals surface area (Å²) in [6.45, 7) is 1.22. The Morgan fingerprint density at radius 1 is 1.26 bits per heavy atom. The van der Waals surface area contributed by atoms with Gasteiger partial charge in [-0.2, -0.15) is 0 Å². The molecular weight excluding hydrogens is 316 g/mol. The summed E-state index contributed by atoms with van der Waals surface area (Å²) in [5.74, 6) is -0.900. The van der Waals surface area contributed by atoms with Crippen molar-refractivity contribution < 1.29 is 19.1 Å². The van der Waals surface area contributed by atoms with Crippen LogP contribution < -0.4 is 5.32 Å². The molecule has 23 heavy (non-hydrogen) atoms. The van der Waals surface area contributed by atoms with E-state index in [1.807, 2.05) is 24.3 Å². The molecule has 3 rings (SSSR count). The Labute approximate surface area is 138 Å². The number of nitrogens with zero attached hydrogens (tertiary/aromatic N) is 1. The molecule has 0 radical (unpaired) electrons. The SMILES string of the molecule is O=C(C[C@H]1Sc2ccccc2NC1=O)OCC(=O)N1CCCC1. The Morgan fingerprint density at radius 3 is 2.78 bits per heavy atom. The quantitative estimate of drug-likeness (QED) is 0.848. The summed E-state index contributed by atoms with van der Waals surface area (Å²) in [6, 6.07) is 7.45. The van der Waals surface area contributed by atoms with Crippen LogP contribution in [0, 0.1) is 0 Å². The molecule has 7 heteroatoms. The van der Waals surface area contributed by atoms with Crippen LogP contribution in [-0.4, -0.2) is 47.6 Å². The van der Waals surface area contributed by atoms with Crippen molar-refractivity contribution in [1.29, 1.82) is 0 Å². The second kappa shape index (κ2) is 7.04. The minimum absolute atomic E-state index is 0.0435. The predicted octanol–water partition coefficient (Wildman–Crippen LogP) is 1.66.